The third kappa shape index (κ3) is 5.21. The Hall–Kier alpha value is -7.63. The van der Waals surface area contributed by atoms with Crippen molar-refractivity contribution in [2.45, 2.75) is 19.3 Å². The molecule has 0 saturated heterocycles. The minimum Gasteiger partial charge on any atom is -0.456 e. The summed E-state index contributed by atoms with van der Waals surface area (Å²) < 4.78 is 12.9. The van der Waals surface area contributed by atoms with Crippen LogP contribution in [0, 0.1) is 0 Å². The molecule has 12 rings (SSSR count). The SMILES string of the molecule is CC1(C)c2ccccc2-c2cccc(-c3ccc4oc5cccc(-c6nc(-c7ccc(-c8ccccc8)cc7)nc(-c7ccc8c(c7)oc7ccccc78)n6)c5c4c3)c21. The zero-order chi connectivity index (χ0) is 39.2. The molecule has 8 aromatic carbocycles. The van der Waals surface area contributed by atoms with E-state index in [1.165, 1.54) is 27.8 Å². The first-order valence-corrected chi connectivity index (χ1v) is 20.0. The van der Waals surface area contributed by atoms with Crippen molar-refractivity contribution in [2.24, 2.45) is 0 Å². The number of furan rings is 2. The first-order chi connectivity index (χ1) is 29.0. The summed E-state index contributed by atoms with van der Waals surface area (Å²) in [6, 6.07) is 61.3. The number of aromatic nitrogens is 3. The van der Waals surface area contributed by atoms with Crippen molar-refractivity contribution in [1.82, 2.24) is 15.0 Å². The van der Waals surface area contributed by atoms with E-state index >= 15 is 0 Å². The summed E-state index contributed by atoms with van der Waals surface area (Å²) in [6.07, 6.45) is 0. The monoisotopic (exact) mass is 757 g/mol. The lowest BCUT2D eigenvalue weighted by atomic mass is 9.79. The predicted molar refractivity (Wildman–Crippen MR) is 239 cm³/mol. The summed E-state index contributed by atoms with van der Waals surface area (Å²) in [4.78, 5) is 15.6. The molecule has 5 heteroatoms. The Kier molecular flexibility index (Phi) is 7.20. The number of para-hydroxylation sites is 1. The quantitative estimate of drug-likeness (QED) is 0.175. The van der Waals surface area contributed by atoms with Crippen molar-refractivity contribution in [3.8, 4) is 67.5 Å². The molecular weight excluding hydrogens is 723 g/mol. The molecule has 0 bridgehead atoms. The van der Waals surface area contributed by atoms with Gasteiger partial charge in [0.05, 0.1) is 0 Å². The highest BCUT2D eigenvalue weighted by Gasteiger charge is 2.37. The van der Waals surface area contributed by atoms with E-state index in [9.17, 15) is 0 Å². The number of hydrogen-bond acceptors (Lipinski definition) is 5. The molecule has 0 spiro atoms. The maximum atomic E-state index is 6.57. The number of benzene rings is 8. The zero-order valence-electron chi connectivity index (χ0n) is 32.4. The van der Waals surface area contributed by atoms with Gasteiger partial charge < -0.3 is 8.83 Å². The van der Waals surface area contributed by atoms with Gasteiger partial charge in [0, 0.05) is 43.7 Å². The molecule has 0 amide bonds. The van der Waals surface area contributed by atoms with Gasteiger partial charge in [0.2, 0.25) is 0 Å². The van der Waals surface area contributed by atoms with Crippen molar-refractivity contribution in [3.63, 3.8) is 0 Å². The van der Waals surface area contributed by atoms with Crippen molar-refractivity contribution >= 4 is 43.9 Å². The maximum absolute atomic E-state index is 6.57. The van der Waals surface area contributed by atoms with E-state index in [4.69, 9.17) is 23.8 Å². The van der Waals surface area contributed by atoms with Gasteiger partial charge in [-0.1, -0.05) is 153 Å². The van der Waals surface area contributed by atoms with Crippen LogP contribution < -0.4 is 0 Å². The van der Waals surface area contributed by atoms with Gasteiger partial charge in [-0.05, 0) is 80.9 Å². The minimum absolute atomic E-state index is 0.149. The normalized spacial score (nSPS) is 13.1. The summed E-state index contributed by atoms with van der Waals surface area (Å²) in [5.74, 6) is 1.71. The Bertz CT molecular complexity index is 3470. The van der Waals surface area contributed by atoms with Gasteiger partial charge in [-0.3, -0.25) is 0 Å². The third-order valence-electron chi connectivity index (χ3n) is 12.1. The molecule has 278 valence electrons. The molecule has 59 heavy (non-hydrogen) atoms. The second-order valence-corrected chi connectivity index (χ2v) is 15.9. The summed E-state index contributed by atoms with van der Waals surface area (Å²) in [5.41, 5.74) is 15.6. The van der Waals surface area contributed by atoms with Crippen molar-refractivity contribution in [3.05, 3.63) is 187 Å². The average Bonchev–Trinajstić information content (AvgIpc) is 3.93. The summed E-state index contributed by atoms with van der Waals surface area (Å²) in [5, 5.41) is 4.11. The van der Waals surface area contributed by atoms with E-state index in [1.807, 2.05) is 42.5 Å². The zero-order valence-corrected chi connectivity index (χ0v) is 32.4. The Morgan fingerprint density at radius 3 is 1.81 bits per heavy atom. The molecule has 11 aromatic rings. The Labute approximate surface area is 340 Å². The fraction of sp³-hybridized carbons (Fsp3) is 0.0556. The van der Waals surface area contributed by atoms with E-state index in [0.29, 0.717) is 17.5 Å². The maximum Gasteiger partial charge on any atom is 0.164 e. The third-order valence-corrected chi connectivity index (χ3v) is 12.1. The highest BCUT2D eigenvalue weighted by atomic mass is 16.3. The average molecular weight is 758 g/mol. The lowest BCUT2D eigenvalue weighted by Crippen LogP contribution is -2.16. The molecule has 0 atom stereocenters. The Morgan fingerprint density at radius 2 is 0.932 bits per heavy atom. The van der Waals surface area contributed by atoms with Crippen LogP contribution in [0.15, 0.2) is 185 Å². The van der Waals surface area contributed by atoms with Gasteiger partial charge >= 0.3 is 0 Å². The lowest BCUT2D eigenvalue weighted by Gasteiger charge is -2.24. The summed E-state index contributed by atoms with van der Waals surface area (Å²) in [7, 11) is 0. The molecule has 0 fully saturated rings. The van der Waals surface area contributed by atoms with Crippen LogP contribution in [0.25, 0.3) is 111 Å². The number of fused-ring (bicyclic) bond motifs is 9. The molecular formula is C54H35N3O2. The van der Waals surface area contributed by atoms with Crippen LogP contribution in [-0.4, -0.2) is 15.0 Å². The Balaban J connectivity index is 1.05. The van der Waals surface area contributed by atoms with Gasteiger partial charge in [0.25, 0.3) is 0 Å². The van der Waals surface area contributed by atoms with E-state index < -0.39 is 0 Å². The first-order valence-electron chi connectivity index (χ1n) is 20.0. The van der Waals surface area contributed by atoms with E-state index in [1.54, 1.807) is 0 Å². The number of rotatable bonds is 5. The topological polar surface area (TPSA) is 65.0 Å². The molecule has 0 radical (unpaired) electrons. The van der Waals surface area contributed by atoms with Gasteiger partial charge in [-0.25, -0.2) is 15.0 Å². The van der Waals surface area contributed by atoms with Gasteiger partial charge in [-0.15, -0.1) is 0 Å². The highest BCUT2D eigenvalue weighted by Crippen LogP contribution is 2.52. The van der Waals surface area contributed by atoms with Gasteiger partial charge in [-0.2, -0.15) is 0 Å². The molecule has 0 saturated carbocycles. The molecule has 0 N–H and O–H groups in total. The summed E-state index contributed by atoms with van der Waals surface area (Å²) in [6.45, 7) is 4.67. The van der Waals surface area contributed by atoms with Crippen molar-refractivity contribution in [2.75, 3.05) is 0 Å². The Morgan fingerprint density at radius 1 is 0.356 bits per heavy atom. The highest BCUT2D eigenvalue weighted by molar-refractivity contribution is 6.13. The standard InChI is InChI=1S/C54H35N3O2/c1-54(2)44-19-8-6-14-38(44)41-17-10-16-37(50(41)54)35-27-29-46-43(30-35)49-42(18-11-21-47(49)58-46)53-56-51(34-24-22-33(23-25-34)32-12-4-3-5-13-32)55-52(57-53)36-26-28-40-39-15-7-9-20-45(39)59-48(40)31-36/h3-31H,1-2H3. The molecule has 3 heterocycles. The second-order valence-electron chi connectivity index (χ2n) is 15.9. The van der Waals surface area contributed by atoms with Crippen LogP contribution >= 0.6 is 0 Å². The molecule has 1 aliphatic rings. The van der Waals surface area contributed by atoms with Crippen LogP contribution in [-0.2, 0) is 5.41 Å². The second kappa shape index (κ2) is 12.7. The molecule has 3 aromatic heterocycles. The molecule has 1 aliphatic carbocycles. The van der Waals surface area contributed by atoms with E-state index in [-0.39, 0.29) is 5.41 Å². The van der Waals surface area contributed by atoms with Crippen LogP contribution in [0.4, 0.5) is 0 Å². The van der Waals surface area contributed by atoms with E-state index in [0.717, 1.165) is 77.3 Å². The first kappa shape index (κ1) is 33.5. The van der Waals surface area contributed by atoms with Crippen LogP contribution in [0.5, 0.6) is 0 Å². The van der Waals surface area contributed by atoms with Crippen LogP contribution in [0.1, 0.15) is 25.0 Å². The number of nitrogens with zero attached hydrogens (tertiary/aromatic N) is 3. The lowest BCUT2D eigenvalue weighted by molar-refractivity contribution is 0.662. The van der Waals surface area contributed by atoms with Crippen molar-refractivity contribution in [1.29, 1.82) is 0 Å². The van der Waals surface area contributed by atoms with Crippen LogP contribution in [0.2, 0.25) is 0 Å². The largest absolute Gasteiger partial charge is 0.456 e. The molecule has 0 aliphatic heterocycles. The predicted octanol–water partition coefficient (Wildman–Crippen LogP) is 14.3. The van der Waals surface area contributed by atoms with Crippen LogP contribution in [0.3, 0.4) is 0 Å². The fourth-order valence-corrected chi connectivity index (χ4v) is 9.33. The fourth-order valence-electron chi connectivity index (χ4n) is 9.33. The molecule has 0 unspecified atom stereocenters. The minimum atomic E-state index is -0.149. The van der Waals surface area contributed by atoms with Gasteiger partial charge in [0.15, 0.2) is 17.5 Å². The van der Waals surface area contributed by atoms with Crippen molar-refractivity contribution < 1.29 is 8.83 Å². The summed E-state index contributed by atoms with van der Waals surface area (Å²) >= 11 is 0. The van der Waals surface area contributed by atoms with E-state index in [2.05, 4.69) is 147 Å². The molecule has 5 nitrogen and oxygen atoms in total. The van der Waals surface area contributed by atoms with Gasteiger partial charge in [0.1, 0.15) is 22.3 Å². The smallest absolute Gasteiger partial charge is 0.164 e. The number of hydrogen-bond donors (Lipinski definition) is 0.